The van der Waals surface area contributed by atoms with E-state index in [0.717, 1.165) is 57.3 Å². The lowest BCUT2D eigenvalue weighted by atomic mass is 10.0. The highest BCUT2D eigenvalue weighted by Gasteiger charge is 2.18. The number of nitriles is 1. The minimum atomic E-state index is -0.140. The van der Waals surface area contributed by atoms with Gasteiger partial charge in [-0.25, -0.2) is 4.98 Å². The van der Waals surface area contributed by atoms with Crippen LogP contribution in [0.5, 0.6) is 0 Å². The number of benzene rings is 4. The molecular weight excluding hydrogens is 446 g/mol. The van der Waals surface area contributed by atoms with Crippen molar-refractivity contribution in [1.82, 2.24) is 9.55 Å². The van der Waals surface area contributed by atoms with Gasteiger partial charge < -0.3 is 15.2 Å². The van der Waals surface area contributed by atoms with Crippen LogP contribution in [0.4, 0.5) is 5.69 Å². The molecule has 0 aliphatic rings. The number of hydrogen-bond acceptors (Lipinski definition) is 4. The predicted octanol–water partition coefficient (Wildman–Crippen LogP) is 4.88. The molecule has 0 bridgehead atoms. The number of carbonyl (C=O) groups excluding carboxylic acids is 1. The molecule has 36 heavy (non-hydrogen) atoms. The number of imidazole rings is 1. The monoisotopic (exact) mass is 473 g/mol. The summed E-state index contributed by atoms with van der Waals surface area (Å²) in [6, 6.07) is 30.1. The van der Waals surface area contributed by atoms with Crippen LogP contribution in [-0.4, -0.2) is 22.0 Å². The van der Waals surface area contributed by atoms with Gasteiger partial charge in [-0.1, -0.05) is 54.6 Å². The second kappa shape index (κ2) is 10.0. The Hall–Kier alpha value is -4.47. The van der Waals surface area contributed by atoms with E-state index in [1.807, 2.05) is 67.7 Å². The molecule has 6 nitrogen and oxygen atoms in total. The summed E-state index contributed by atoms with van der Waals surface area (Å²) in [5.74, 6) is 0.830. The van der Waals surface area contributed by atoms with Crippen molar-refractivity contribution in [3.8, 4) is 6.07 Å². The van der Waals surface area contributed by atoms with Gasteiger partial charge in [0, 0.05) is 19.2 Å². The van der Waals surface area contributed by atoms with Gasteiger partial charge in [0.15, 0.2) is 0 Å². The molecule has 4 aromatic carbocycles. The highest BCUT2D eigenvalue weighted by atomic mass is 16.2. The molecule has 0 radical (unpaired) electrons. The first kappa shape index (κ1) is 23.3. The fourth-order valence-electron chi connectivity index (χ4n) is 4.67. The van der Waals surface area contributed by atoms with Crippen LogP contribution in [0.2, 0.25) is 0 Å². The fourth-order valence-corrected chi connectivity index (χ4v) is 4.67. The standard InChI is InChI=1S/C30H27N5O/c1-34-28-15-14-25(17-27(28)33-29(34)16-13-21-9-11-22(18-31)12-10-21)35(30(36)19-32)20-24-7-4-6-23-5-2-3-8-26(23)24/h2-12,14-15,17H,13,16,19-20,32H2,1H3. The van der Waals surface area contributed by atoms with Crippen molar-refractivity contribution >= 4 is 33.4 Å². The SMILES string of the molecule is Cn1c(CCc2ccc(C#N)cc2)nc2cc(N(Cc3cccc4ccccc34)C(=O)CN)ccc21. The molecule has 1 heterocycles. The van der Waals surface area contributed by atoms with Crippen LogP contribution in [0, 0.1) is 11.3 Å². The number of rotatable bonds is 7. The minimum absolute atomic E-state index is 0.0686. The minimum Gasteiger partial charge on any atom is -0.331 e. The predicted molar refractivity (Wildman–Crippen MR) is 143 cm³/mol. The van der Waals surface area contributed by atoms with Crippen molar-refractivity contribution < 1.29 is 4.79 Å². The van der Waals surface area contributed by atoms with Gasteiger partial charge in [-0.15, -0.1) is 0 Å². The Bertz CT molecular complexity index is 1590. The van der Waals surface area contributed by atoms with Crippen molar-refractivity contribution in [2.24, 2.45) is 12.8 Å². The Morgan fingerprint density at radius 1 is 1.00 bits per heavy atom. The fraction of sp³-hybridized carbons (Fsp3) is 0.167. The molecule has 178 valence electrons. The van der Waals surface area contributed by atoms with Gasteiger partial charge in [-0.2, -0.15) is 5.26 Å². The molecule has 0 fully saturated rings. The van der Waals surface area contributed by atoms with Crippen LogP contribution in [0.3, 0.4) is 0 Å². The lowest BCUT2D eigenvalue weighted by Gasteiger charge is -2.23. The topological polar surface area (TPSA) is 87.9 Å². The zero-order chi connectivity index (χ0) is 25.1. The van der Waals surface area contributed by atoms with Crippen molar-refractivity contribution in [3.63, 3.8) is 0 Å². The van der Waals surface area contributed by atoms with E-state index in [0.29, 0.717) is 12.1 Å². The molecule has 5 rings (SSSR count). The van der Waals surface area contributed by atoms with Crippen molar-refractivity contribution in [2.75, 3.05) is 11.4 Å². The Labute approximate surface area is 210 Å². The van der Waals surface area contributed by atoms with Crippen LogP contribution < -0.4 is 10.6 Å². The molecule has 0 saturated heterocycles. The molecule has 0 aliphatic heterocycles. The molecule has 0 aliphatic carbocycles. The van der Waals surface area contributed by atoms with Crippen LogP contribution in [0.15, 0.2) is 84.9 Å². The van der Waals surface area contributed by atoms with E-state index in [1.54, 1.807) is 4.90 Å². The summed E-state index contributed by atoms with van der Waals surface area (Å²) in [5.41, 5.74) is 11.3. The number of aryl methyl sites for hydroxylation is 3. The zero-order valence-corrected chi connectivity index (χ0v) is 20.2. The molecule has 6 heteroatoms. The Morgan fingerprint density at radius 3 is 2.56 bits per heavy atom. The average molecular weight is 474 g/mol. The number of aromatic nitrogens is 2. The summed E-state index contributed by atoms with van der Waals surface area (Å²) in [7, 11) is 2.02. The van der Waals surface area contributed by atoms with Gasteiger partial charge in [0.1, 0.15) is 5.82 Å². The zero-order valence-electron chi connectivity index (χ0n) is 20.2. The van der Waals surface area contributed by atoms with Gasteiger partial charge in [0.25, 0.3) is 0 Å². The van der Waals surface area contributed by atoms with Gasteiger partial charge in [-0.05, 0) is 58.7 Å². The second-order valence-corrected chi connectivity index (χ2v) is 8.89. The number of anilines is 1. The molecule has 0 unspecified atom stereocenters. The maximum atomic E-state index is 12.9. The number of nitrogens with two attached hydrogens (primary N) is 1. The Balaban J connectivity index is 1.43. The molecule has 5 aromatic rings. The number of fused-ring (bicyclic) bond motifs is 2. The number of amides is 1. The van der Waals surface area contributed by atoms with Gasteiger partial charge in [0.2, 0.25) is 5.91 Å². The van der Waals surface area contributed by atoms with E-state index in [4.69, 9.17) is 16.0 Å². The normalized spacial score (nSPS) is 11.0. The summed E-state index contributed by atoms with van der Waals surface area (Å²) in [4.78, 5) is 19.6. The van der Waals surface area contributed by atoms with Crippen LogP contribution >= 0.6 is 0 Å². The summed E-state index contributed by atoms with van der Waals surface area (Å²) in [6.45, 7) is 0.363. The largest absolute Gasteiger partial charge is 0.331 e. The first-order chi connectivity index (χ1) is 17.6. The van der Waals surface area contributed by atoms with E-state index in [9.17, 15) is 4.79 Å². The third-order valence-electron chi connectivity index (χ3n) is 6.67. The summed E-state index contributed by atoms with van der Waals surface area (Å²) < 4.78 is 2.10. The molecule has 2 N–H and O–H groups in total. The van der Waals surface area contributed by atoms with Crippen LogP contribution in [-0.2, 0) is 31.2 Å². The van der Waals surface area contributed by atoms with E-state index in [2.05, 4.69) is 34.9 Å². The van der Waals surface area contributed by atoms with Crippen LogP contribution in [0.25, 0.3) is 21.8 Å². The van der Waals surface area contributed by atoms with E-state index >= 15 is 0 Å². The highest BCUT2D eigenvalue weighted by Crippen LogP contribution is 2.27. The van der Waals surface area contributed by atoms with E-state index in [1.165, 1.54) is 0 Å². The average Bonchev–Trinajstić information content (AvgIpc) is 3.24. The van der Waals surface area contributed by atoms with Crippen LogP contribution in [0.1, 0.15) is 22.5 Å². The third kappa shape index (κ3) is 4.57. The smallest absolute Gasteiger partial charge is 0.241 e. The second-order valence-electron chi connectivity index (χ2n) is 8.89. The van der Waals surface area contributed by atoms with Gasteiger partial charge in [0.05, 0.1) is 35.8 Å². The van der Waals surface area contributed by atoms with Gasteiger partial charge in [-0.3, -0.25) is 4.79 Å². The maximum Gasteiger partial charge on any atom is 0.241 e. The molecule has 0 saturated carbocycles. The summed E-state index contributed by atoms with van der Waals surface area (Å²) in [5, 5.41) is 11.3. The molecule has 1 aromatic heterocycles. The molecular formula is C30H27N5O. The first-order valence-corrected chi connectivity index (χ1v) is 12.0. The summed E-state index contributed by atoms with van der Waals surface area (Å²) >= 11 is 0. The Morgan fingerprint density at radius 2 is 1.78 bits per heavy atom. The third-order valence-corrected chi connectivity index (χ3v) is 6.67. The number of nitrogens with zero attached hydrogens (tertiary/aromatic N) is 4. The Kier molecular flexibility index (Phi) is 6.48. The van der Waals surface area contributed by atoms with Crippen molar-refractivity contribution in [3.05, 3.63) is 107 Å². The van der Waals surface area contributed by atoms with E-state index in [-0.39, 0.29) is 12.5 Å². The summed E-state index contributed by atoms with van der Waals surface area (Å²) in [6.07, 6.45) is 1.60. The quantitative estimate of drug-likeness (QED) is 0.365. The highest BCUT2D eigenvalue weighted by molar-refractivity contribution is 5.97. The van der Waals surface area contributed by atoms with E-state index < -0.39 is 0 Å². The lowest BCUT2D eigenvalue weighted by Crippen LogP contribution is -2.35. The van der Waals surface area contributed by atoms with Gasteiger partial charge >= 0.3 is 0 Å². The maximum absolute atomic E-state index is 12.9. The lowest BCUT2D eigenvalue weighted by molar-refractivity contribution is -0.117. The number of carbonyl (C=O) groups is 1. The molecule has 0 atom stereocenters. The molecule has 0 spiro atoms. The molecule has 1 amide bonds. The first-order valence-electron chi connectivity index (χ1n) is 12.0. The van der Waals surface area contributed by atoms with Crippen molar-refractivity contribution in [1.29, 1.82) is 5.26 Å². The van der Waals surface area contributed by atoms with Crippen molar-refractivity contribution in [2.45, 2.75) is 19.4 Å². The number of hydrogen-bond donors (Lipinski definition) is 1.